The van der Waals surface area contributed by atoms with Gasteiger partial charge in [-0.2, -0.15) is 0 Å². The average molecular weight is 322 g/mol. The van der Waals surface area contributed by atoms with Gasteiger partial charge in [-0.3, -0.25) is 9.69 Å². The highest BCUT2D eigenvalue weighted by atomic mass is 16.6. The molecule has 6 heteroatoms. The van der Waals surface area contributed by atoms with Crippen LogP contribution < -0.4 is 0 Å². The van der Waals surface area contributed by atoms with E-state index < -0.39 is 5.60 Å². The molecule has 0 saturated carbocycles. The fourth-order valence-corrected chi connectivity index (χ4v) is 2.69. The molecule has 1 aromatic heterocycles. The maximum absolute atomic E-state index is 12.2. The average Bonchev–Trinajstić information content (AvgIpc) is 2.99. The summed E-state index contributed by atoms with van der Waals surface area (Å²) < 4.78 is 10.6. The first-order valence-corrected chi connectivity index (χ1v) is 8.01. The number of rotatable bonds is 4. The Morgan fingerprint density at radius 1 is 1.43 bits per heavy atom. The van der Waals surface area contributed by atoms with E-state index in [2.05, 4.69) is 4.90 Å². The molecule has 0 unspecified atom stereocenters. The fourth-order valence-electron chi connectivity index (χ4n) is 2.69. The zero-order chi connectivity index (χ0) is 17.0. The van der Waals surface area contributed by atoms with E-state index in [0.717, 1.165) is 19.4 Å². The Balaban J connectivity index is 1.90. The van der Waals surface area contributed by atoms with Crippen LogP contribution in [-0.4, -0.2) is 60.0 Å². The minimum atomic E-state index is -0.505. The molecule has 0 radical (unpaired) electrons. The van der Waals surface area contributed by atoms with E-state index in [-0.39, 0.29) is 17.9 Å². The van der Waals surface area contributed by atoms with Crippen LogP contribution in [0.2, 0.25) is 0 Å². The molecule has 1 saturated heterocycles. The van der Waals surface area contributed by atoms with E-state index in [4.69, 9.17) is 9.15 Å². The first kappa shape index (κ1) is 17.5. The number of likely N-dealkylation sites (tertiary alicyclic amines) is 1. The largest absolute Gasteiger partial charge is 0.461 e. The number of hydrogen-bond acceptors (Lipinski definition) is 5. The second-order valence-corrected chi connectivity index (χ2v) is 7.02. The van der Waals surface area contributed by atoms with Gasteiger partial charge >= 0.3 is 6.09 Å². The minimum absolute atomic E-state index is 0.0319. The number of hydrogen-bond donors (Lipinski definition) is 0. The maximum Gasteiger partial charge on any atom is 0.410 e. The lowest BCUT2D eigenvalue weighted by Gasteiger charge is -2.37. The summed E-state index contributed by atoms with van der Waals surface area (Å²) in [5.74, 6) is 0.350. The third-order valence-corrected chi connectivity index (χ3v) is 3.87. The first-order valence-electron chi connectivity index (χ1n) is 8.01. The lowest BCUT2D eigenvalue weighted by molar-refractivity contribution is 0.0138. The van der Waals surface area contributed by atoms with Crippen LogP contribution in [-0.2, 0) is 4.74 Å². The molecule has 6 nitrogen and oxygen atoms in total. The molecular formula is C17H26N2O4. The predicted octanol–water partition coefficient (Wildman–Crippen LogP) is 2.79. The molecule has 1 aliphatic rings. The summed E-state index contributed by atoms with van der Waals surface area (Å²) in [7, 11) is 1.76. The number of amides is 1. The van der Waals surface area contributed by atoms with Gasteiger partial charge in [0.2, 0.25) is 5.78 Å². The topological polar surface area (TPSA) is 63.0 Å². The van der Waals surface area contributed by atoms with E-state index in [1.54, 1.807) is 24.1 Å². The summed E-state index contributed by atoms with van der Waals surface area (Å²) in [6.45, 7) is 7.40. The molecule has 1 atom stereocenters. The number of piperidine rings is 1. The van der Waals surface area contributed by atoms with Gasteiger partial charge in [0, 0.05) is 19.6 Å². The Morgan fingerprint density at radius 2 is 2.17 bits per heavy atom. The van der Waals surface area contributed by atoms with Crippen LogP contribution in [0.1, 0.15) is 44.2 Å². The van der Waals surface area contributed by atoms with Crippen molar-refractivity contribution in [3.8, 4) is 0 Å². The monoisotopic (exact) mass is 322 g/mol. The molecule has 0 aliphatic carbocycles. The van der Waals surface area contributed by atoms with Crippen LogP contribution in [0.3, 0.4) is 0 Å². The molecular weight excluding hydrogens is 296 g/mol. The summed E-state index contributed by atoms with van der Waals surface area (Å²) in [5.41, 5.74) is -0.505. The quantitative estimate of drug-likeness (QED) is 0.798. The van der Waals surface area contributed by atoms with Gasteiger partial charge in [0.05, 0.1) is 12.8 Å². The number of nitrogens with zero attached hydrogens (tertiary/aromatic N) is 2. The molecule has 1 fully saturated rings. The van der Waals surface area contributed by atoms with Gasteiger partial charge in [-0.15, -0.1) is 0 Å². The number of likely N-dealkylation sites (N-methyl/N-ethyl adjacent to an activating group) is 1. The van der Waals surface area contributed by atoms with E-state index in [1.165, 1.54) is 6.26 Å². The summed E-state index contributed by atoms with van der Waals surface area (Å²) in [6.07, 6.45) is 3.05. The number of Topliss-reactive ketones (excluding diaryl/α,β-unsaturated/α-hetero) is 1. The van der Waals surface area contributed by atoms with Crippen molar-refractivity contribution < 1.29 is 18.7 Å². The van der Waals surface area contributed by atoms with E-state index >= 15 is 0 Å². The Labute approximate surface area is 137 Å². The maximum atomic E-state index is 12.2. The van der Waals surface area contributed by atoms with Crippen LogP contribution in [0, 0.1) is 0 Å². The minimum Gasteiger partial charge on any atom is -0.461 e. The number of carbonyl (C=O) groups is 2. The third-order valence-electron chi connectivity index (χ3n) is 3.87. The molecule has 0 aromatic carbocycles. The molecule has 0 bridgehead atoms. The Hall–Kier alpha value is -1.82. The number of furan rings is 1. The summed E-state index contributed by atoms with van der Waals surface area (Å²) in [5, 5.41) is 0. The van der Waals surface area contributed by atoms with Crippen molar-refractivity contribution in [1.82, 2.24) is 9.80 Å². The molecule has 2 rings (SSSR count). The third kappa shape index (κ3) is 5.10. The normalized spacial score (nSPS) is 19.4. The van der Waals surface area contributed by atoms with Gasteiger partial charge in [-0.25, -0.2) is 4.79 Å². The molecule has 1 amide bonds. The molecule has 0 N–H and O–H groups in total. The molecule has 23 heavy (non-hydrogen) atoms. The standard InChI is InChI=1S/C17H26N2O4/c1-17(2,3)23-16(21)18(4)13-7-5-9-19(11-13)12-14(20)15-8-6-10-22-15/h6,8,10,13H,5,7,9,11-12H2,1-4H3/t13-/m1/s1. The number of ether oxygens (including phenoxy) is 1. The van der Waals surface area contributed by atoms with Crippen molar-refractivity contribution in [3.05, 3.63) is 24.2 Å². The Kier molecular flexibility index (Phi) is 5.46. The van der Waals surface area contributed by atoms with Crippen molar-refractivity contribution >= 4 is 11.9 Å². The van der Waals surface area contributed by atoms with E-state index in [0.29, 0.717) is 18.8 Å². The zero-order valence-electron chi connectivity index (χ0n) is 14.4. The van der Waals surface area contributed by atoms with Gasteiger partial charge in [-0.05, 0) is 52.3 Å². The van der Waals surface area contributed by atoms with Crippen LogP contribution in [0.4, 0.5) is 4.79 Å². The van der Waals surface area contributed by atoms with Crippen LogP contribution >= 0.6 is 0 Å². The summed E-state index contributed by atoms with van der Waals surface area (Å²) >= 11 is 0. The van der Waals surface area contributed by atoms with Crippen molar-refractivity contribution in [1.29, 1.82) is 0 Å². The Bertz CT molecular complexity index is 533. The van der Waals surface area contributed by atoms with Gasteiger partial charge in [0.1, 0.15) is 5.60 Å². The molecule has 0 spiro atoms. The first-order chi connectivity index (χ1) is 10.8. The van der Waals surface area contributed by atoms with Crippen LogP contribution in [0.15, 0.2) is 22.8 Å². The van der Waals surface area contributed by atoms with E-state index in [1.807, 2.05) is 20.8 Å². The number of carbonyl (C=O) groups excluding carboxylic acids is 2. The van der Waals surface area contributed by atoms with Crippen LogP contribution in [0.5, 0.6) is 0 Å². The van der Waals surface area contributed by atoms with Crippen LogP contribution in [0.25, 0.3) is 0 Å². The second-order valence-electron chi connectivity index (χ2n) is 7.02. The second kappa shape index (κ2) is 7.17. The fraction of sp³-hybridized carbons (Fsp3) is 0.647. The smallest absolute Gasteiger partial charge is 0.410 e. The summed E-state index contributed by atoms with van der Waals surface area (Å²) in [6, 6.07) is 3.45. The van der Waals surface area contributed by atoms with E-state index in [9.17, 15) is 9.59 Å². The Morgan fingerprint density at radius 3 is 2.78 bits per heavy atom. The highest BCUT2D eigenvalue weighted by Gasteiger charge is 2.30. The highest BCUT2D eigenvalue weighted by Crippen LogP contribution is 2.18. The zero-order valence-corrected chi connectivity index (χ0v) is 14.4. The molecule has 128 valence electrons. The SMILES string of the molecule is CN(C(=O)OC(C)(C)C)[C@@H]1CCCN(CC(=O)c2ccco2)C1. The number of ketones is 1. The van der Waals surface area contributed by atoms with Crippen molar-refractivity contribution in [2.75, 3.05) is 26.7 Å². The van der Waals surface area contributed by atoms with Crippen molar-refractivity contribution in [3.63, 3.8) is 0 Å². The van der Waals surface area contributed by atoms with Gasteiger partial charge in [0.25, 0.3) is 0 Å². The predicted molar refractivity (Wildman–Crippen MR) is 86.5 cm³/mol. The van der Waals surface area contributed by atoms with Gasteiger partial charge < -0.3 is 14.1 Å². The van der Waals surface area contributed by atoms with Gasteiger partial charge in [-0.1, -0.05) is 0 Å². The molecule has 1 aromatic rings. The highest BCUT2D eigenvalue weighted by molar-refractivity contribution is 5.95. The lowest BCUT2D eigenvalue weighted by atomic mass is 10.0. The van der Waals surface area contributed by atoms with Crippen molar-refractivity contribution in [2.45, 2.75) is 45.3 Å². The molecule has 2 heterocycles. The summed E-state index contributed by atoms with van der Waals surface area (Å²) in [4.78, 5) is 28.0. The molecule has 1 aliphatic heterocycles. The lowest BCUT2D eigenvalue weighted by Crippen LogP contribution is -2.50. The van der Waals surface area contributed by atoms with Crippen molar-refractivity contribution in [2.24, 2.45) is 0 Å². The van der Waals surface area contributed by atoms with Gasteiger partial charge in [0.15, 0.2) is 5.76 Å².